The van der Waals surface area contributed by atoms with E-state index in [-0.39, 0.29) is 0 Å². The predicted octanol–water partition coefficient (Wildman–Crippen LogP) is 2.99. The van der Waals surface area contributed by atoms with Gasteiger partial charge >= 0.3 is 0 Å². The normalized spacial score (nSPS) is 16.6. The molecule has 0 amide bonds. The van der Waals surface area contributed by atoms with Gasteiger partial charge < -0.3 is 4.74 Å². The smallest absolute Gasteiger partial charge is 0.0575 e. The molecule has 0 N–H and O–H groups in total. The molecule has 1 saturated carbocycles. The van der Waals surface area contributed by atoms with E-state index in [1.165, 1.54) is 24.8 Å². The van der Waals surface area contributed by atoms with E-state index < -0.39 is 0 Å². The second-order valence-corrected chi connectivity index (χ2v) is 3.94. The van der Waals surface area contributed by atoms with E-state index in [9.17, 15) is 0 Å². The molecule has 0 aliphatic heterocycles. The van der Waals surface area contributed by atoms with Crippen LogP contribution >= 0.6 is 0 Å². The van der Waals surface area contributed by atoms with Gasteiger partial charge in [0.05, 0.1) is 6.10 Å². The molecule has 1 nitrogen and oxygen atoms in total. The molecule has 2 rings (SSSR count). The average molecular weight is 189 g/mol. The van der Waals surface area contributed by atoms with Crippen LogP contribution in [0.1, 0.15) is 31.2 Å². The van der Waals surface area contributed by atoms with Crippen LogP contribution in [-0.4, -0.2) is 12.7 Å². The molecule has 1 radical (unpaired) electrons. The van der Waals surface area contributed by atoms with Crippen molar-refractivity contribution in [3.63, 3.8) is 0 Å². The topological polar surface area (TPSA) is 9.23 Å². The van der Waals surface area contributed by atoms with Crippen molar-refractivity contribution in [2.45, 2.75) is 38.2 Å². The Morgan fingerprint density at radius 1 is 1.29 bits per heavy atom. The Morgan fingerprint density at radius 2 is 2.07 bits per heavy atom. The lowest BCUT2D eigenvalue weighted by Crippen LogP contribution is -2.22. The van der Waals surface area contributed by atoms with E-state index >= 15 is 0 Å². The first kappa shape index (κ1) is 9.72. The van der Waals surface area contributed by atoms with Gasteiger partial charge in [0.25, 0.3) is 0 Å². The maximum atomic E-state index is 5.69. The van der Waals surface area contributed by atoms with Crippen LogP contribution in [0.25, 0.3) is 0 Å². The van der Waals surface area contributed by atoms with Gasteiger partial charge in [-0.25, -0.2) is 0 Å². The van der Waals surface area contributed by atoms with Gasteiger partial charge in [0.15, 0.2) is 0 Å². The van der Waals surface area contributed by atoms with Crippen molar-refractivity contribution in [2.75, 3.05) is 6.61 Å². The molecule has 0 unspecified atom stereocenters. The monoisotopic (exact) mass is 189 g/mol. The molecule has 75 valence electrons. The number of benzene rings is 1. The van der Waals surface area contributed by atoms with E-state index in [2.05, 4.69) is 18.2 Å². The van der Waals surface area contributed by atoms with Crippen molar-refractivity contribution >= 4 is 0 Å². The molecule has 0 atom stereocenters. The minimum Gasteiger partial charge on any atom is -0.378 e. The molecule has 0 saturated heterocycles. The van der Waals surface area contributed by atoms with E-state index in [0.29, 0.717) is 6.10 Å². The zero-order chi connectivity index (χ0) is 9.64. The minimum atomic E-state index is 0.583. The van der Waals surface area contributed by atoms with Gasteiger partial charge in [-0.3, -0.25) is 0 Å². The summed E-state index contributed by atoms with van der Waals surface area (Å²) in [5.74, 6) is 0. The van der Waals surface area contributed by atoms with Crippen LogP contribution in [0.2, 0.25) is 0 Å². The number of ether oxygens (including phenoxy) is 1. The summed E-state index contributed by atoms with van der Waals surface area (Å²) in [4.78, 5) is 0. The summed E-state index contributed by atoms with van der Waals surface area (Å²) in [5, 5.41) is 0. The first-order valence-corrected chi connectivity index (χ1v) is 5.52. The van der Waals surface area contributed by atoms with E-state index in [4.69, 9.17) is 4.74 Å². The summed E-state index contributed by atoms with van der Waals surface area (Å²) in [6, 6.07) is 11.2. The first-order chi connectivity index (χ1) is 6.95. The van der Waals surface area contributed by atoms with Gasteiger partial charge in [0.1, 0.15) is 0 Å². The second-order valence-electron chi connectivity index (χ2n) is 3.94. The van der Waals surface area contributed by atoms with Crippen LogP contribution in [0.5, 0.6) is 0 Å². The van der Waals surface area contributed by atoms with Crippen LogP contribution in [0.15, 0.2) is 24.3 Å². The summed E-state index contributed by atoms with van der Waals surface area (Å²) in [6.45, 7) is 0.920. The number of hydrogen-bond acceptors (Lipinski definition) is 1. The predicted molar refractivity (Wildman–Crippen MR) is 57.2 cm³/mol. The Morgan fingerprint density at radius 3 is 2.71 bits per heavy atom. The van der Waals surface area contributed by atoms with E-state index in [1.54, 1.807) is 0 Å². The highest BCUT2D eigenvalue weighted by Gasteiger charge is 2.16. The lowest BCUT2D eigenvalue weighted by Gasteiger charge is -2.25. The maximum absolute atomic E-state index is 5.69. The summed E-state index contributed by atoms with van der Waals surface area (Å²) >= 11 is 0. The molecule has 0 aromatic heterocycles. The van der Waals surface area contributed by atoms with Gasteiger partial charge in [0, 0.05) is 6.61 Å². The molecule has 1 fully saturated rings. The summed E-state index contributed by atoms with van der Waals surface area (Å²) in [7, 11) is 0. The number of rotatable bonds is 5. The van der Waals surface area contributed by atoms with Crippen LogP contribution in [-0.2, 0) is 11.2 Å². The Bertz CT molecular complexity index is 251. The van der Waals surface area contributed by atoms with Crippen molar-refractivity contribution in [3.05, 3.63) is 35.9 Å². The summed E-state index contributed by atoms with van der Waals surface area (Å²) in [6.07, 6.45) is 6.76. The fraction of sp³-hybridized carbons (Fsp3) is 0.538. The molecule has 0 heterocycles. The van der Waals surface area contributed by atoms with Crippen molar-refractivity contribution < 1.29 is 4.74 Å². The average Bonchev–Trinajstić information content (AvgIpc) is 2.16. The zero-order valence-electron chi connectivity index (χ0n) is 8.54. The van der Waals surface area contributed by atoms with E-state index in [0.717, 1.165) is 19.4 Å². The highest BCUT2D eigenvalue weighted by Crippen LogP contribution is 2.21. The van der Waals surface area contributed by atoms with Crippen LogP contribution < -0.4 is 0 Å². The molecule has 0 bridgehead atoms. The lowest BCUT2D eigenvalue weighted by atomic mass is 9.96. The molecule has 1 aromatic rings. The maximum Gasteiger partial charge on any atom is 0.0575 e. The van der Waals surface area contributed by atoms with Crippen LogP contribution in [0, 0.1) is 6.07 Å². The Kier molecular flexibility index (Phi) is 3.58. The van der Waals surface area contributed by atoms with Crippen LogP contribution in [0.4, 0.5) is 0 Å². The lowest BCUT2D eigenvalue weighted by molar-refractivity contribution is 0.00147. The van der Waals surface area contributed by atoms with Crippen LogP contribution in [0.3, 0.4) is 0 Å². The Hall–Kier alpha value is -0.820. The van der Waals surface area contributed by atoms with Crippen molar-refractivity contribution in [1.29, 1.82) is 0 Å². The fourth-order valence-electron chi connectivity index (χ4n) is 1.65. The highest BCUT2D eigenvalue weighted by atomic mass is 16.5. The largest absolute Gasteiger partial charge is 0.378 e. The quantitative estimate of drug-likeness (QED) is 0.647. The fourth-order valence-corrected chi connectivity index (χ4v) is 1.65. The first-order valence-electron chi connectivity index (χ1n) is 5.52. The molecule has 1 aromatic carbocycles. The molecule has 1 aliphatic carbocycles. The molecule has 14 heavy (non-hydrogen) atoms. The SMILES string of the molecule is [c]1ccc(CCCOC2CCC2)cc1. The third-order valence-corrected chi connectivity index (χ3v) is 2.80. The summed E-state index contributed by atoms with van der Waals surface area (Å²) in [5.41, 5.74) is 1.39. The second kappa shape index (κ2) is 5.16. The van der Waals surface area contributed by atoms with Gasteiger partial charge in [-0.1, -0.05) is 24.3 Å². The Labute approximate surface area is 86.1 Å². The number of aryl methyl sites for hydroxylation is 1. The minimum absolute atomic E-state index is 0.583. The van der Waals surface area contributed by atoms with Gasteiger partial charge in [-0.2, -0.15) is 0 Å². The van der Waals surface area contributed by atoms with Gasteiger partial charge in [-0.15, -0.1) is 0 Å². The third-order valence-electron chi connectivity index (χ3n) is 2.80. The van der Waals surface area contributed by atoms with E-state index in [1.807, 2.05) is 12.1 Å². The van der Waals surface area contributed by atoms with Gasteiger partial charge in [0.2, 0.25) is 0 Å². The number of hydrogen-bond donors (Lipinski definition) is 0. The third kappa shape index (κ3) is 2.85. The molecular weight excluding hydrogens is 172 g/mol. The molecule has 1 heteroatoms. The standard InChI is InChI=1S/C13H17O/c1-2-6-12(7-3-1)8-5-11-14-13-9-4-10-13/h2-3,6-7,13H,4-5,8-11H2. The highest BCUT2D eigenvalue weighted by molar-refractivity contribution is 5.13. The molecule has 0 spiro atoms. The zero-order valence-corrected chi connectivity index (χ0v) is 8.54. The van der Waals surface area contributed by atoms with Crippen molar-refractivity contribution in [2.24, 2.45) is 0 Å². The van der Waals surface area contributed by atoms with Gasteiger partial charge in [-0.05, 0) is 43.7 Å². The van der Waals surface area contributed by atoms with Crippen molar-refractivity contribution in [3.8, 4) is 0 Å². The van der Waals surface area contributed by atoms with Crippen molar-refractivity contribution in [1.82, 2.24) is 0 Å². The molecule has 1 aliphatic rings. The Balaban J connectivity index is 1.58. The summed E-state index contributed by atoms with van der Waals surface area (Å²) < 4.78 is 5.69. The molecular formula is C13H17O.